The molecule has 1 amide bonds. The largest absolute Gasteiger partial charge is 0.311 e. The molecule has 0 aliphatic heterocycles. The van der Waals surface area contributed by atoms with Gasteiger partial charge in [-0.1, -0.05) is 41.9 Å². The van der Waals surface area contributed by atoms with Gasteiger partial charge in [-0.25, -0.2) is 4.68 Å². The summed E-state index contributed by atoms with van der Waals surface area (Å²) in [7, 11) is 0. The minimum atomic E-state index is -0.0962. The normalized spacial score (nSPS) is 11.0. The van der Waals surface area contributed by atoms with E-state index in [4.69, 9.17) is 11.6 Å². The van der Waals surface area contributed by atoms with Gasteiger partial charge in [0.05, 0.1) is 24.7 Å². The molecular formula is C23H21ClN4O. The van der Waals surface area contributed by atoms with Crippen LogP contribution in [0.25, 0.3) is 10.9 Å². The summed E-state index contributed by atoms with van der Waals surface area (Å²) >= 11 is 6.07. The molecule has 6 heteroatoms. The number of aryl methyl sites for hydroxylation is 2. The number of fused-ring (bicyclic) bond motifs is 1. The zero-order valence-corrected chi connectivity index (χ0v) is 17.1. The fourth-order valence-electron chi connectivity index (χ4n) is 3.55. The van der Waals surface area contributed by atoms with Gasteiger partial charge in [-0.05, 0) is 48.7 Å². The van der Waals surface area contributed by atoms with Crippen LogP contribution >= 0.6 is 11.6 Å². The summed E-state index contributed by atoms with van der Waals surface area (Å²) in [6, 6.07) is 17.4. The number of pyridine rings is 1. The summed E-state index contributed by atoms with van der Waals surface area (Å²) in [5, 5.41) is 9.05. The fourth-order valence-corrected chi connectivity index (χ4v) is 3.76. The third-order valence-corrected chi connectivity index (χ3v) is 5.26. The first-order chi connectivity index (χ1) is 14.0. The molecule has 0 spiro atoms. The van der Waals surface area contributed by atoms with Crippen molar-refractivity contribution in [1.29, 1.82) is 0 Å². The monoisotopic (exact) mass is 404 g/mol. The minimum absolute atomic E-state index is 0.0962. The van der Waals surface area contributed by atoms with E-state index in [-0.39, 0.29) is 12.3 Å². The van der Waals surface area contributed by atoms with Crippen LogP contribution in [0.1, 0.15) is 22.4 Å². The fraction of sp³-hybridized carbons (Fsp3) is 0.174. The van der Waals surface area contributed by atoms with Gasteiger partial charge in [-0.15, -0.1) is 0 Å². The van der Waals surface area contributed by atoms with Gasteiger partial charge in [-0.2, -0.15) is 5.10 Å². The third-order valence-electron chi connectivity index (χ3n) is 5.03. The van der Waals surface area contributed by atoms with E-state index in [0.717, 1.165) is 33.3 Å². The highest BCUT2D eigenvalue weighted by atomic mass is 35.5. The Labute approximate surface area is 174 Å². The number of anilines is 1. The van der Waals surface area contributed by atoms with Gasteiger partial charge in [0.1, 0.15) is 5.82 Å². The summed E-state index contributed by atoms with van der Waals surface area (Å²) in [6.07, 6.45) is 1.94. The van der Waals surface area contributed by atoms with Crippen molar-refractivity contribution in [3.05, 3.63) is 88.2 Å². The SMILES string of the molecule is Cc1nc2ccccc2c(C)c1CC(=O)Nc1ccnn1Cc1cccc(Cl)c1. The van der Waals surface area contributed by atoms with Crippen molar-refractivity contribution in [2.75, 3.05) is 5.32 Å². The van der Waals surface area contributed by atoms with Crippen molar-refractivity contribution in [3.63, 3.8) is 0 Å². The van der Waals surface area contributed by atoms with Crippen LogP contribution in [0.4, 0.5) is 5.82 Å². The minimum Gasteiger partial charge on any atom is -0.311 e. The number of carbonyl (C=O) groups is 1. The molecule has 0 saturated heterocycles. The Balaban J connectivity index is 1.53. The zero-order chi connectivity index (χ0) is 20.4. The molecule has 0 aliphatic rings. The third kappa shape index (κ3) is 4.15. The molecule has 29 heavy (non-hydrogen) atoms. The first kappa shape index (κ1) is 19.2. The molecule has 5 nitrogen and oxygen atoms in total. The smallest absolute Gasteiger partial charge is 0.230 e. The molecule has 0 fully saturated rings. The van der Waals surface area contributed by atoms with E-state index in [9.17, 15) is 4.79 Å². The molecule has 4 aromatic rings. The van der Waals surface area contributed by atoms with Crippen LogP contribution in [0.15, 0.2) is 60.8 Å². The van der Waals surface area contributed by atoms with Gasteiger partial charge >= 0.3 is 0 Å². The van der Waals surface area contributed by atoms with Crippen molar-refractivity contribution in [2.45, 2.75) is 26.8 Å². The lowest BCUT2D eigenvalue weighted by atomic mass is 9.99. The average Bonchev–Trinajstić information content (AvgIpc) is 3.11. The van der Waals surface area contributed by atoms with Crippen molar-refractivity contribution in [3.8, 4) is 0 Å². The van der Waals surface area contributed by atoms with Crippen LogP contribution in [0.5, 0.6) is 0 Å². The van der Waals surface area contributed by atoms with Crippen LogP contribution in [0.2, 0.25) is 5.02 Å². The number of para-hydroxylation sites is 1. The number of nitrogens with zero attached hydrogens (tertiary/aromatic N) is 3. The van der Waals surface area contributed by atoms with Crippen molar-refractivity contribution >= 4 is 34.2 Å². The number of halogens is 1. The number of carbonyl (C=O) groups excluding carboxylic acids is 1. The van der Waals surface area contributed by atoms with Crippen LogP contribution < -0.4 is 5.32 Å². The Hall–Kier alpha value is -3.18. The molecule has 0 bridgehead atoms. The number of nitrogens with one attached hydrogen (secondary N) is 1. The predicted octanol–water partition coefficient (Wildman–Crippen LogP) is 4.93. The summed E-state index contributed by atoms with van der Waals surface area (Å²) in [5.41, 5.74) is 4.90. The Morgan fingerprint density at radius 3 is 2.76 bits per heavy atom. The predicted molar refractivity (Wildman–Crippen MR) is 116 cm³/mol. The van der Waals surface area contributed by atoms with Gasteiger partial charge in [0, 0.05) is 22.2 Å². The number of aromatic nitrogens is 3. The molecule has 146 valence electrons. The number of rotatable bonds is 5. The molecule has 2 heterocycles. The molecule has 1 N–H and O–H groups in total. The topological polar surface area (TPSA) is 59.8 Å². The molecule has 2 aromatic carbocycles. The van der Waals surface area contributed by atoms with E-state index in [1.165, 1.54) is 0 Å². The number of hydrogen-bond donors (Lipinski definition) is 1. The summed E-state index contributed by atoms with van der Waals surface area (Å²) in [6.45, 7) is 4.52. The van der Waals surface area contributed by atoms with Crippen LogP contribution in [0.3, 0.4) is 0 Å². The molecule has 0 radical (unpaired) electrons. The maximum atomic E-state index is 12.8. The number of amides is 1. The first-order valence-corrected chi connectivity index (χ1v) is 9.80. The molecule has 0 saturated carbocycles. The lowest BCUT2D eigenvalue weighted by Crippen LogP contribution is -2.19. The molecular weight excluding hydrogens is 384 g/mol. The standard InChI is InChI=1S/C23H21ClN4O/c1-15-19-8-3-4-9-21(19)26-16(2)20(15)13-23(29)27-22-10-11-25-28(22)14-17-6-5-7-18(24)12-17/h3-12H,13-14H2,1-2H3,(H,27,29). The highest BCUT2D eigenvalue weighted by Gasteiger charge is 2.14. The summed E-state index contributed by atoms with van der Waals surface area (Å²) < 4.78 is 1.75. The van der Waals surface area contributed by atoms with Crippen molar-refractivity contribution in [2.24, 2.45) is 0 Å². The highest BCUT2D eigenvalue weighted by molar-refractivity contribution is 6.30. The van der Waals surface area contributed by atoms with E-state index < -0.39 is 0 Å². The average molecular weight is 405 g/mol. The first-order valence-electron chi connectivity index (χ1n) is 9.42. The molecule has 2 aromatic heterocycles. The molecule has 0 aliphatic carbocycles. The number of hydrogen-bond acceptors (Lipinski definition) is 3. The van der Waals surface area contributed by atoms with Crippen LogP contribution in [-0.4, -0.2) is 20.7 Å². The molecule has 0 atom stereocenters. The second-order valence-electron chi connectivity index (χ2n) is 7.05. The Morgan fingerprint density at radius 1 is 1.10 bits per heavy atom. The van der Waals surface area contributed by atoms with Gasteiger partial charge in [0.15, 0.2) is 0 Å². The van der Waals surface area contributed by atoms with Crippen molar-refractivity contribution in [1.82, 2.24) is 14.8 Å². The van der Waals surface area contributed by atoms with E-state index in [0.29, 0.717) is 17.4 Å². The lowest BCUT2D eigenvalue weighted by Gasteiger charge is -2.13. The summed E-state index contributed by atoms with van der Waals surface area (Å²) in [5.74, 6) is 0.556. The van der Waals surface area contributed by atoms with Gasteiger partial charge in [0.2, 0.25) is 5.91 Å². The highest BCUT2D eigenvalue weighted by Crippen LogP contribution is 2.23. The lowest BCUT2D eigenvalue weighted by molar-refractivity contribution is -0.115. The van der Waals surface area contributed by atoms with E-state index >= 15 is 0 Å². The Kier molecular flexibility index (Phi) is 5.32. The molecule has 0 unspecified atom stereocenters. The summed E-state index contributed by atoms with van der Waals surface area (Å²) in [4.78, 5) is 17.4. The zero-order valence-electron chi connectivity index (χ0n) is 16.3. The van der Waals surface area contributed by atoms with Crippen molar-refractivity contribution < 1.29 is 4.79 Å². The maximum Gasteiger partial charge on any atom is 0.230 e. The second kappa shape index (κ2) is 8.05. The number of benzene rings is 2. The van der Waals surface area contributed by atoms with E-state index in [1.807, 2.05) is 62.4 Å². The Bertz CT molecular complexity index is 1200. The quantitative estimate of drug-likeness (QED) is 0.513. The van der Waals surface area contributed by atoms with Gasteiger partial charge in [0.25, 0.3) is 0 Å². The van der Waals surface area contributed by atoms with E-state index in [1.54, 1.807) is 16.9 Å². The second-order valence-corrected chi connectivity index (χ2v) is 7.48. The Morgan fingerprint density at radius 2 is 1.93 bits per heavy atom. The maximum absolute atomic E-state index is 12.8. The molecule has 4 rings (SSSR count). The van der Waals surface area contributed by atoms with Gasteiger partial charge < -0.3 is 5.32 Å². The van der Waals surface area contributed by atoms with Crippen LogP contribution in [0, 0.1) is 13.8 Å². The van der Waals surface area contributed by atoms with Gasteiger partial charge in [-0.3, -0.25) is 9.78 Å². The van der Waals surface area contributed by atoms with Crippen LogP contribution in [-0.2, 0) is 17.8 Å². The van der Waals surface area contributed by atoms with E-state index in [2.05, 4.69) is 15.4 Å².